The van der Waals surface area contributed by atoms with Crippen LogP contribution in [0.1, 0.15) is 33.6 Å². The van der Waals surface area contributed by atoms with Gasteiger partial charge >= 0.3 is 0 Å². The molecule has 1 amide bonds. The molecule has 2 rings (SSSR count). The fourth-order valence-corrected chi connectivity index (χ4v) is 3.14. The van der Waals surface area contributed by atoms with Gasteiger partial charge in [0.15, 0.2) is 0 Å². The van der Waals surface area contributed by atoms with Crippen molar-refractivity contribution < 1.29 is 9.53 Å². The lowest BCUT2D eigenvalue weighted by Gasteiger charge is -2.36. The zero-order valence-electron chi connectivity index (χ0n) is 16.1. The van der Waals surface area contributed by atoms with Gasteiger partial charge in [-0.15, -0.1) is 0 Å². The lowest BCUT2D eigenvalue weighted by molar-refractivity contribution is -0.123. The summed E-state index contributed by atoms with van der Waals surface area (Å²) in [6.45, 7) is 10.8. The molecule has 0 saturated carbocycles. The van der Waals surface area contributed by atoms with E-state index < -0.39 is 0 Å². The quantitative estimate of drug-likeness (QED) is 0.785. The first-order valence-corrected chi connectivity index (χ1v) is 9.38. The minimum atomic E-state index is 0.147. The van der Waals surface area contributed by atoms with E-state index in [2.05, 4.69) is 48.0 Å². The molecule has 0 spiro atoms. The Kier molecular flexibility index (Phi) is 7.56. The second-order valence-corrected chi connectivity index (χ2v) is 7.40. The first-order chi connectivity index (χ1) is 12.0. The largest absolute Gasteiger partial charge is 0.497 e. The average molecular weight is 348 g/mol. The molecule has 0 aromatic heterocycles. The van der Waals surface area contributed by atoms with Gasteiger partial charge in [0, 0.05) is 37.9 Å². The van der Waals surface area contributed by atoms with Crippen molar-refractivity contribution in [1.29, 1.82) is 0 Å². The molecule has 1 atom stereocenters. The minimum Gasteiger partial charge on any atom is -0.497 e. The van der Waals surface area contributed by atoms with Crippen LogP contribution in [0, 0.1) is 5.92 Å². The number of rotatable bonds is 8. The van der Waals surface area contributed by atoms with E-state index in [0.29, 0.717) is 12.5 Å². The number of carbonyl (C=O) groups is 1. The van der Waals surface area contributed by atoms with E-state index in [-0.39, 0.29) is 11.9 Å². The lowest BCUT2D eigenvalue weighted by Crippen LogP contribution is -2.50. The molecule has 1 aromatic rings. The lowest BCUT2D eigenvalue weighted by atomic mass is 10.0. The van der Waals surface area contributed by atoms with Gasteiger partial charge in [0.2, 0.25) is 5.91 Å². The highest BCUT2D eigenvalue weighted by atomic mass is 16.5. The molecule has 1 aliphatic heterocycles. The van der Waals surface area contributed by atoms with Crippen molar-refractivity contribution in [1.82, 2.24) is 10.2 Å². The number of hydrogen-bond acceptors (Lipinski definition) is 4. The molecule has 1 aromatic carbocycles. The Morgan fingerprint density at radius 2 is 1.72 bits per heavy atom. The Bertz CT molecular complexity index is 522. The van der Waals surface area contributed by atoms with Crippen LogP contribution in [0.3, 0.4) is 0 Å². The maximum Gasteiger partial charge on any atom is 0.234 e. The predicted molar refractivity (Wildman–Crippen MR) is 103 cm³/mol. The number of nitrogens with one attached hydrogen (secondary N) is 1. The third kappa shape index (κ3) is 6.58. The van der Waals surface area contributed by atoms with Crippen molar-refractivity contribution in [2.75, 3.05) is 44.7 Å². The molecule has 0 radical (unpaired) electrons. The Hall–Kier alpha value is -1.75. The molecule has 5 nitrogen and oxygen atoms in total. The number of amides is 1. The van der Waals surface area contributed by atoms with Crippen LogP contribution >= 0.6 is 0 Å². The summed E-state index contributed by atoms with van der Waals surface area (Å²) in [7, 11) is 1.68. The summed E-state index contributed by atoms with van der Waals surface area (Å²) < 4.78 is 5.21. The van der Waals surface area contributed by atoms with Crippen LogP contribution in [-0.2, 0) is 4.79 Å². The van der Waals surface area contributed by atoms with E-state index in [9.17, 15) is 4.79 Å². The van der Waals surface area contributed by atoms with Gasteiger partial charge < -0.3 is 15.0 Å². The molecule has 1 saturated heterocycles. The van der Waals surface area contributed by atoms with Gasteiger partial charge in [0.05, 0.1) is 13.7 Å². The van der Waals surface area contributed by atoms with E-state index in [1.54, 1.807) is 7.11 Å². The fourth-order valence-electron chi connectivity index (χ4n) is 3.14. The number of piperazine rings is 1. The summed E-state index contributed by atoms with van der Waals surface area (Å²) >= 11 is 0. The van der Waals surface area contributed by atoms with Gasteiger partial charge in [-0.2, -0.15) is 0 Å². The molecule has 140 valence electrons. The molecule has 5 heteroatoms. The maximum absolute atomic E-state index is 12.2. The fraction of sp³-hybridized carbons (Fsp3) is 0.650. The number of carbonyl (C=O) groups excluding carboxylic acids is 1. The van der Waals surface area contributed by atoms with Crippen molar-refractivity contribution >= 4 is 11.6 Å². The standard InChI is InChI=1S/C20H33N3O2/c1-16(2)5-6-17(3)21-20(24)15-22-11-13-23(14-12-22)18-7-9-19(25-4)10-8-18/h7-10,16-17H,5-6,11-15H2,1-4H3,(H,21,24)/t17-/m1/s1. The van der Waals surface area contributed by atoms with Gasteiger partial charge in [-0.1, -0.05) is 13.8 Å². The summed E-state index contributed by atoms with van der Waals surface area (Å²) in [5, 5.41) is 3.13. The summed E-state index contributed by atoms with van der Waals surface area (Å²) in [6.07, 6.45) is 2.20. The molecule has 0 bridgehead atoms. The number of nitrogens with zero attached hydrogens (tertiary/aromatic N) is 2. The Labute approximate surface area is 152 Å². The van der Waals surface area contributed by atoms with E-state index >= 15 is 0 Å². The van der Waals surface area contributed by atoms with Crippen molar-refractivity contribution in [2.24, 2.45) is 5.92 Å². The Balaban J connectivity index is 1.71. The van der Waals surface area contributed by atoms with Crippen molar-refractivity contribution in [2.45, 2.75) is 39.7 Å². The maximum atomic E-state index is 12.2. The zero-order chi connectivity index (χ0) is 18.2. The highest BCUT2D eigenvalue weighted by Crippen LogP contribution is 2.20. The van der Waals surface area contributed by atoms with Gasteiger partial charge in [0.1, 0.15) is 5.75 Å². The molecule has 1 heterocycles. The number of ether oxygens (including phenoxy) is 1. The van der Waals surface area contributed by atoms with E-state index in [1.807, 2.05) is 12.1 Å². The second-order valence-electron chi connectivity index (χ2n) is 7.40. The third-order valence-electron chi connectivity index (χ3n) is 4.76. The summed E-state index contributed by atoms with van der Waals surface area (Å²) in [5.74, 6) is 1.71. The van der Waals surface area contributed by atoms with Crippen LogP contribution in [-0.4, -0.2) is 56.7 Å². The molecular weight excluding hydrogens is 314 g/mol. The number of anilines is 1. The summed E-state index contributed by atoms with van der Waals surface area (Å²) in [6, 6.07) is 8.44. The summed E-state index contributed by atoms with van der Waals surface area (Å²) in [4.78, 5) is 16.8. The molecule has 25 heavy (non-hydrogen) atoms. The Morgan fingerprint density at radius 3 is 2.28 bits per heavy atom. The monoisotopic (exact) mass is 347 g/mol. The molecule has 1 N–H and O–H groups in total. The van der Waals surface area contributed by atoms with Crippen LogP contribution in [0.2, 0.25) is 0 Å². The molecule has 1 aliphatic rings. The van der Waals surface area contributed by atoms with E-state index in [4.69, 9.17) is 4.74 Å². The van der Waals surface area contributed by atoms with Crippen molar-refractivity contribution in [3.63, 3.8) is 0 Å². The molecule has 1 fully saturated rings. The highest BCUT2D eigenvalue weighted by molar-refractivity contribution is 5.78. The van der Waals surface area contributed by atoms with Crippen LogP contribution in [0.4, 0.5) is 5.69 Å². The van der Waals surface area contributed by atoms with Crippen molar-refractivity contribution in [3.8, 4) is 5.75 Å². The van der Waals surface area contributed by atoms with Crippen molar-refractivity contribution in [3.05, 3.63) is 24.3 Å². The first kappa shape index (κ1) is 19.6. The van der Waals surface area contributed by atoms with Gasteiger partial charge in [-0.05, 0) is 49.9 Å². The van der Waals surface area contributed by atoms with Crippen LogP contribution in [0.5, 0.6) is 5.75 Å². The van der Waals surface area contributed by atoms with Gasteiger partial charge in [-0.3, -0.25) is 9.69 Å². The topological polar surface area (TPSA) is 44.8 Å². The van der Waals surface area contributed by atoms with E-state index in [0.717, 1.165) is 44.8 Å². The smallest absolute Gasteiger partial charge is 0.234 e. The second kappa shape index (κ2) is 9.66. The highest BCUT2D eigenvalue weighted by Gasteiger charge is 2.20. The zero-order valence-corrected chi connectivity index (χ0v) is 16.1. The van der Waals surface area contributed by atoms with Crippen LogP contribution in [0.25, 0.3) is 0 Å². The van der Waals surface area contributed by atoms with Crippen LogP contribution in [0.15, 0.2) is 24.3 Å². The van der Waals surface area contributed by atoms with Gasteiger partial charge in [0.25, 0.3) is 0 Å². The van der Waals surface area contributed by atoms with Gasteiger partial charge in [-0.25, -0.2) is 0 Å². The number of hydrogen-bond donors (Lipinski definition) is 1. The SMILES string of the molecule is COc1ccc(N2CCN(CC(=O)N[C@H](C)CCC(C)C)CC2)cc1. The normalized spacial score (nSPS) is 16.8. The average Bonchev–Trinajstić information content (AvgIpc) is 2.60. The Morgan fingerprint density at radius 1 is 1.08 bits per heavy atom. The first-order valence-electron chi connectivity index (χ1n) is 9.38. The van der Waals surface area contributed by atoms with E-state index in [1.165, 1.54) is 5.69 Å². The molecule has 0 aliphatic carbocycles. The number of benzene rings is 1. The number of methoxy groups -OCH3 is 1. The molecular formula is C20H33N3O2. The third-order valence-corrected chi connectivity index (χ3v) is 4.76. The summed E-state index contributed by atoms with van der Waals surface area (Å²) in [5.41, 5.74) is 1.22. The van der Waals surface area contributed by atoms with Crippen LogP contribution < -0.4 is 15.0 Å². The molecule has 0 unspecified atom stereocenters. The predicted octanol–water partition coefficient (Wildman–Crippen LogP) is 2.76. The minimum absolute atomic E-state index is 0.147.